The van der Waals surface area contributed by atoms with Crippen LogP contribution in [0.25, 0.3) is 0 Å². The molecule has 2 aromatic rings. The van der Waals surface area contributed by atoms with Gasteiger partial charge in [-0.3, -0.25) is 5.43 Å². The lowest BCUT2D eigenvalue weighted by Gasteiger charge is -2.09. The van der Waals surface area contributed by atoms with E-state index in [1.54, 1.807) is 37.3 Å². The van der Waals surface area contributed by atoms with E-state index >= 15 is 0 Å². The maximum atomic E-state index is 12.3. The number of thioether (sulfide) groups is 1. The predicted octanol–water partition coefficient (Wildman–Crippen LogP) is 5.08. The van der Waals surface area contributed by atoms with Crippen LogP contribution in [-0.4, -0.2) is 28.8 Å². The highest BCUT2D eigenvalue weighted by Crippen LogP contribution is 2.34. The third kappa shape index (κ3) is 6.85. The van der Waals surface area contributed by atoms with Crippen molar-refractivity contribution in [2.24, 2.45) is 5.10 Å². The van der Waals surface area contributed by atoms with E-state index in [2.05, 4.69) is 15.8 Å². The number of hydrogen-bond donors (Lipinski definition) is 3. The van der Waals surface area contributed by atoms with E-state index in [0.717, 1.165) is 0 Å². The van der Waals surface area contributed by atoms with Crippen LogP contribution in [0.3, 0.4) is 0 Å². The molecule has 0 saturated carbocycles. The molecular weight excluding hydrogens is 416 g/mol. The van der Waals surface area contributed by atoms with Crippen LogP contribution in [0.5, 0.6) is 11.5 Å². The fourth-order valence-electron chi connectivity index (χ4n) is 1.98. The van der Waals surface area contributed by atoms with E-state index in [1.165, 1.54) is 12.3 Å². The molecule has 0 heterocycles. The van der Waals surface area contributed by atoms with E-state index in [9.17, 15) is 13.9 Å². The van der Waals surface area contributed by atoms with Gasteiger partial charge in [0.15, 0.2) is 16.6 Å². The summed E-state index contributed by atoms with van der Waals surface area (Å²) >= 11 is 11.5. The van der Waals surface area contributed by atoms with Gasteiger partial charge in [-0.2, -0.15) is 13.9 Å². The van der Waals surface area contributed by atoms with Gasteiger partial charge < -0.3 is 15.2 Å². The number of halogens is 3. The second kappa shape index (κ2) is 10.3. The van der Waals surface area contributed by atoms with Crippen molar-refractivity contribution in [1.29, 1.82) is 0 Å². The summed E-state index contributed by atoms with van der Waals surface area (Å²) < 4.78 is 29.9. The molecule has 144 valence electrons. The van der Waals surface area contributed by atoms with Gasteiger partial charge in [0.1, 0.15) is 0 Å². The van der Waals surface area contributed by atoms with Crippen molar-refractivity contribution in [3.63, 3.8) is 0 Å². The monoisotopic (exact) mass is 431 g/mol. The highest BCUT2D eigenvalue weighted by molar-refractivity contribution is 7.99. The first-order chi connectivity index (χ1) is 12.9. The van der Waals surface area contributed by atoms with Crippen LogP contribution in [0.2, 0.25) is 5.02 Å². The van der Waals surface area contributed by atoms with Crippen molar-refractivity contribution in [3.8, 4) is 11.5 Å². The van der Waals surface area contributed by atoms with Crippen LogP contribution in [0.15, 0.2) is 46.4 Å². The Kier molecular flexibility index (Phi) is 8.08. The van der Waals surface area contributed by atoms with Gasteiger partial charge in [-0.1, -0.05) is 23.4 Å². The lowest BCUT2D eigenvalue weighted by Crippen LogP contribution is -2.23. The number of anilines is 1. The van der Waals surface area contributed by atoms with Gasteiger partial charge in [0.05, 0.1) is 17.8 Å². The number of benzene rings is 2. The number of rotatable bonds is 7. The average Bonchev–Trinajstić information content (AvgIpc) is 2.60. The number of phenols is 1. The van der Waals surface area contributed by atoms with Crippen molar-refractivity contribution >= 4 is 52.6 Å². The van der Waals surface area contributed by atoms with Gasteiger partial charge in [-0.25, -0.2) is 0 Å². The second-order valence-electron chi connectivity index (χ2n) is 5.01. The molecule has 0 amide bonds. The Labute approximate surface area is 169 Å². The van der Waals surface area contributed by atoms with E-state index < -0.39 is 5.76 Å². The molecule has 0 saturated heterocycles. The van der Waals surface area contributed by atoms with Gasteiger partial charge in [0.25, 0.3) is 5.76 Å². The van der Waals surface area contributed by atoms with Crippen LogP contribution in [0.1, 0.15) is 12.5 Å². The zero-order valence-electron chi connectivity index (χ0n) is 14.1. The number of hydrazone groups is 1. The van der Waals surface area contributed by atoms with Crippen molar-refractivity contribution in [2.45, 2.75) is 17.6 Å². The lowest BCUT2D eigenvalue weighted by atomic mass is 10.2. The van der Waals surface area contributed by atoms with Gasteiger partial charge in [0, 0.05) is 10.6 Å². The Morgan fingerprint density at radius 1 is 1.37 bits per heavy atom. The Balaban J connectivity index is 1.93. The predicted molar refractivity (Wildman–Crippen MR) is 110 cm³/mol. The topological polar surface area (TPSA) is 65.9 Å². The number of nitrogens with zero attached hydrogens (tertiary/aromatic N) is 1. The van der Waals surface area contributed by atoms with Crippen molar-refractivity contribution in [3.05, 3.63) is 47.0 Å². The normalized spacial score (nSPS) is 11.0. The molecule has 5 nitrogen and oxygen atoms in total. The minimum Gasteiger partial charge on any atom is -0.503 e. The number of ether oxygens (including phenoxy) is 1. The molecule has 0 aliphatic rings. The molecule has 27 heavy (non-hydrogen) atoms. The zero-order valence-corrected chi connectivity index (χ0v) is 16.5. The smallest absolute Gasteiger partial charge is 0.288 e. The summed E-state index contributed by atoms with van der Waals surface area (Å²) in [6.45, 7) is 2.17. The molecule has 0 unspecified atom stereocenters. The average molecular weight is 432 g/mol. The first-order valence-electron chi connectivity index (χ1n) is 7.69. The fourth-order valence-corrected chi connectivity index (χ4v) is 2.87. The fraction of sp³-hybridized carbons (Fsp3) is 0.176. The Bertz CT molecular complexity index is 821. The van der Waals surface area contributed by atoms with E-state index in [0.29, 0.717) is 34.5 Å². The molecule has 0 aliphatic carbocycles. The van der Waals surface area contributed by atoms with Crippen LogP contribution in [-0.2, 0) is 0 Å². The summed E-state index contributed by atoms with van der Waals surface area (Å²) in [4.78, 5) is 0.460. The number of phenolic OH excluding ortho intramolecular Hbond substituents is 1. The molecule has 0 fully saturated rings. The van der Waals surface area contributed by atoms with Crippen LogP contribution in [0.4, 0.5) is 14.5 Å². The first-order valence-corrected chi connectivity index (χ1v) is 9.36. The summed E-state index contributed by atoms with van der Waals surface area (Å²) in [7, 11) is 0. The number of hydrogen-bond acceptors (Lipinski definition) is 5. The molecule has 0 aromatic heterocycles. The zero-order chi connectivity index (χ0) is 19.8. The quantitative estimate of drug-likeness (QED) is 0.246. The third-order valence-corrected chi connectivity index (χ3v) is 4.27. The number of nitrogens with one attached hydrogen (secondary N) is 2. The van der Waals surface area contributed by atoms with E-state index in [1.807, 2.05) is 0 Å². The van der Waals surface area contributed by atoms with Gasteiger partial charge >= 0.3 is 0 Å². The molecule has 2 aromatic carbocycles. The summed E-state index contributed by atoms with van der Waals surface area (Å²) in [6.07, 6.45) is 1.46. The lowest BCUT2D eigenvalue weighted by molar-refractivity contribution is 0.252. The molecule has 3 N–H and O–H groups in total. The molecule has 0 bridgehead atoms. The number of aromatic hydroxyl groups is 1. The molecule has 0 spiro atoms. The molecule has 0 radical (unpaired) electrons. The maximum Gasteiger partial charge on any atom is 0.288 e. The Morgan fingerprint density at radius 3 is 2.70 bits per heavy atom. The first kappa shape index (κ1) is 21.2. The summed E-state index contributed by atoms with van der Waals surface area (Å²) in [6, 6.07) is 9.52. The minimum atomic E-state index is -2.46. The van der Waals surface area contributed by atoms with Crippen molar-refractivity contribution < 1.29 is 18.6 Å². The summed E-state index contributed by atoms with van der Waals surface area (Å²) in [5.41, 5.74) is 3.86. The van der Waals surface area contributed by atoms with Crippen LogP contribution in [0, 0.1) is 0 Å². The summed E-state index contributed by atoms with van der Waals surface area (Å²) in [5, 5.41) is 17.0. The molecule has 10 heteroatoms. The van der Waals surface area contributed by atoms with Gasteiger partial charge in [-0.05, 0) is 61.1 Å². The van der Waals surface area contributed by atoms with Crippen LogP contribution >= 0.6 is 35.6 Å². The molecule has 0 aliphatic heterocycles. The molecular formula is C17H16ClF2N3O2S2. The van der Waals surface area contributed by atoms with E-state index in [4.69, 9.17) is 28.6 Å². The van der Waals surface area contributed by atoms with Crippen LogP contribution < -0.4 is 15.5 Å². The third-order valence-electron chi connectivity index (χ3n) is 3.07. The molecule has 2 rings (SSSR count). The maximum absolute atomic E-state index is 12.3. The van der Waals surface area contributed by atoms with E-state index in [-0.39, 0.29) is 21.6 Å². The SMILES string of the molecule is CCOc1cc(C=NNC(=S)Nc2ccc(SC(F)F)cc2)cc(Cl)c1O. The molecule has 0 atom stereocenters. The largest absolute Gasteiger partial charge is 0.503 e. The Morgan fingerprint density at radius 2 is 2.07 bits per heavy atom. The highest BCUT2D eigenvalue weighted by atomic mass is 35.5. The number of thiocarbonyl (C=S) groups is 1. The minimum absolute atomic E-state index is 0.130. The summed E-state index contributed by atoms with van der Waals surface area (Å²) in [5.74, 6) is -2.33. The highest BCUT2D eigenvalue weighted by Gasteiger charge is 2.09. The van der Waals surface area contributed by atoms with Gasteiger partial charge in [-0.15, -0.1) is 0 Å². The van der Waals surface area contributed by atoms with Crippen molar-refractivity contribution in [2.75, 3.05) is 11.9 Å². The number of alkyl halides is 2. The van der Waals surface area contributed by atoms with Crippen molar-refractivity contribution in [1.82, 2.24) is 5.43 Å². The Hall–Kier alpha value is -2.10. The standard InChI is InChI=1S/C17H16ClF2N3O2S2/c1-2-25-14-8-10(7-13(18)15(14)24)9-21-23-17(26)22-11-3-5-12(6-4-11)27-16(19)20/h3-9,16,24H,2H2,1H3,(H2,22,23,26). The second-order valence-corrected chi connectivity index (χ2v) is 6.89. The van der Waals surface area contributed by atoms with Gasteiger partial charge in [0.2, 0.25) is 0 Å².